The van der Waals surface area contributed by atoms with Crippen molar-refractivity contribution in [1.29, 1.82) is 0 Å². The van der Waals surface area contributed by atoms with E-state index in [1.54, 1.807) is 6.20 Å². The number of aromatic nitrogens is 4. The Hall–Kier alpha value is -3.16. The van der Waals surface area contributed by atoms with E-state index in [0.29, 0.717) is 42.0 Å². The minimum atomic E-state index is -5.02. The van der Waals surface area contributed by atoms with Crippen LogP contribution in [0.3, 0.4) is 0 Å². The first-order chi connectivity index (χ1) is 14.6. The Bertz CT molecular complexity index is 1240. The summed E-state index contributed by atoms with van der Waals surface area (Å²) in [4.78, 5) is 25.8. The van der Waals surface area contributed by atoms with Gasteiger partial charge in [-0.2, -0.15) is 13.2 Å². The first-order valence-electron chi connectivity index (χ1n) is 9.10. The maximum atomic E-state index is 13.0. The lowest BCUT2D eigenvalue weighted by Gasteiger charge is -2.27. The summed E-state index contributed by atoms with van der Waals surface area (Å²) < 4.78 is 67.2. The second-order valence-electron chi connectivity index (χ2n) is 7.11. The second kappa shape index (κ2) is 7.51. The molecule has 10 nitrogen and oxygen atoms in total. The zero-order chi connectivity index (χ0) is 22.4. The van der Waals surface area contributed by atoms with Crippen LogP contribution in [0.2, 0.25) is 0 Å². The third-order valence-electron chi connectivity index (χ3n) is 5.00. The molecule has 0 saturated heterocycles. The fraction of sp³-hybridized carbons (Fsp3) is 0.412. The number of nitrogens with one attached hydrogen (secondary N) is 2. The van der Waals surface area contributed by atoms with E-state index in [4.69, 9.17) is 4.52 Å². The Morgan fingerprint density at radius 3 is 2.87 bits per heavy atom. The number of fused-ring (bicyclic) bond motifs is 2. The zero-order valence-electron chi connectivity index (χ0n) is 16.1. The van der Waals surface area contributed by atoms with E-state index in [-0.39, 0.29) is 12.2 Å². The molecule has 1 amide bonds. The zero-order valence-corrected chi connectivity index (χ0v) is 16.9. The largest absolute Gasteiger partial charge is 0.407 e. The first-order valence-corrected chi connectivity index (χ1v) is 11.1. The van der Waals surface area contributed by atoms with Crippen molar-refractivity contribution < 1.29 is 30.9 Å². The van der Waals surface area contributed by atoms with Gasteiger partial charge >= 0.3 is 6.18 Å². The fourth-order valence-corrected chi connectivity index (χ4v) is 4.33. The molecule has 3 aromatic rings. The number of hydrogen-bond acceptors (Lipinski definition) is 8. The third kappa shape index (κ3) is 4.06. The Balaban J connectivity index is 1.55. The summed E-state index contributed by atoms with van der Waals surface area (Å²) in [6, 6.07) is 1.81. The van der Waals surface area contributed by atoms with Crippen molar-refractivity contribution in [1.82, 2.24) is 25.4 Å². The van der Waals surface area contributed by atoms with E-state index < -0.39 is 33.7 Å². The molecule has 0 bridgehead atoms. The third-order valence-corrected chi connectivity index (χ3v) is 6.47. The van der Waals surface area contributed by atoms with Crippen LogP contribution in [0.4, 0.5) is 19.0 Å². The molecule has 1 aliphatic heterocycles. The molecule has 1 atom stereocenters. The summed E-state index contributed by atoms with van der Waals surface area (Å²) in [5, 5.41) is 3.77. The second-order valence-corrected chi connectivity index (χ2v) is 9.34. The van der Waals surface area contributed by atoms with Gasteiger partial charge in [-0.1, -0.05) is 5.16 Å². The van der Waals surface area contributed by atoms with Gasteiger partial charge in [-0.15, -0.1) is 0 Å². The van der Waals surface area contributed by atoms with Crippen LogP contribution in [0.5, 0.6) is 0 Å². The number of amides is 1. The molecule has 0 radical (unpaired) electrons. The van der Waals surface area contributed by atoms with Gasteiger partial charge < -0.3 is 19.7 Å². The summed E-state index contributed by atoms with van der Waals surface area (Å²) in [6.45, 7) is -0.416. The average molecular weight is 458 g/mol. The lowest BCUT2D eigenvalue weighted by molar-refractivity contribution is -0.129. The molecule has 166 valence electrons. The van der Waals surface area contributed by atoms with Crippen molar-refractivity contribution in [2.24, 2.45) is 0 Å². The Morgan fingerprint density at radius 1 is 1.39 bits per heavy atom. The van der Waals surface area contributed by atoms with Gasteiger partial charge in [0, 0.05) is 37.5 Å². The van der Waals surface area contributed by atoms with Crippen LogP contribution >= 0.6 is 0 Å². The molecule has 31 heavy (non-hydrogen) atoms. The van der Waals surface area contributed by atoms with Crippen molar-refractivity contribution in [2.45, 2.75) is 24.4 Å². The molecule has 4 rings (SSSR count). The van der Waals surface area contributed by atoms with Gasteiger partial charge in [-0.3, -0.25) is 4.79 Å². The van der Waals surface area contributed by atoms with E-state index in [9.17, 15) is 26.4 Å². The normalized spacial score (nSPS) is 15.7. The van der Waals surface area contributed by atoms with Crippen LogP contribution in [-0.4, -0.2) is 65.2 Å². The molecule has 2 N–H and O–H groups in total. The number of nitrogens with zero attached hydrogens (tertiary/aromatic N) is 4. The van der Waals surface area contributed by atoms with Gasteiger partial charge in [-0.05, 0) is 6.07 Å². The van der Waals surface area contributed by atoms with Crippen molar-refractivity contribution in [3.05, 3.63) is 35.6 Å². The van der Waals surface area contributed by atoms with Crippen LogP contribution in [0.1, 0.15) is 21.8 Å². The van der Waals surface area contributed by atoms with Crippen LogP contribution in [-0.2, 0) is 22.8 Å². The van der Waals surface area contributed by atoms with Gasteiger partial charge in [0.25, 0.3) is 5.91 Å². The molecule has 1 unspecified atom stereocenters. The maximum absolute atomic E-state index is 13.0. The van der Waals surface area contributed by atoms with Crippen LogP contribution in [0, 0.1) is 0 Å². The number of rotatable bonds is 5. The molecule has 1 aliphatic rings. The number of anilines is 1. The number of alkyl halides is 3. The van der Waals surface area contributed by atoms with Crippen molar-refractivity contribution in [3.8, 4) is 0 Å². The predicted octanol–water partition coefficient (Wildman–Crippen LogP) is 1.21. The average Bonchev–Trinajstić information content (AvgIpc) is 3.31. The summed E-state index contributed by atoms with van der Waals surface area (Å²) in [5.41, 5.74) is 0.862. The monoisotopic (exact) mass is 458 g/mol. The molecule has 0 fully saturated rings. The maximum Gasteiger partial charge on any atom is 0.407 e. The standard InChI is InChI=1S/C17H17F3N6O4S/c1-31(28,29)12(17(18,19)20)6-22-16(27)13-10-7-26(5-3-11(10)30-25-13)15-9-2-4-21-14(9)23-8-24-15/h2,4,8,12H,3,5-7H2,1H3,(H,22,27)(H,21,23,24). The summed E-state index contributed by atoms with van der Waals surface area (Å²) >= 11 is 0. The Labute approximate surface area is 173 Å². The molecule has 0 aliphatic carbocycles. The molecule has 0 saturated carbocycles. The molecule has 3 aromatic heterocycles. The lowest BCUT2D eigenvalue weighted by Crippen LogP contribution is -2.45. The lowest BCUT2D eigenvalue weighted by atomic mass is 10.1. The molecule has 0 aromatic carbocycles. The molecule has 4 heterocycles. The van der Waals surface area contributed by atoms with Crippen LogP contribution < -0.4 is 10.2 Å². The van der Waals surface area contributed by atoms with Crippen molar-refractivity contribution >= 4 is 32.6 Å². The van der Waals surface area contributed by atoms with Crippen LogP contribution in [0.15, 0.2) is 23.1 Å². The quantitative estimate of drug-likeness (QED) is 0.583. The predicted molar refractivity (Wildman–Crippen MR) is 102 cm³/mol. The van der Waals surface area contributed by atoms with E-state index in [2.05, 4.69) is 20.1 Å². The minimum Gasteiger partial charge on any atom is -0.360 e. The van der Waals surface area contributed by atoms with Gasteiger partial charge in [0.2, 0.25) is 0 Å². The number of H-pyrrole nitrogens is 1. The van der Waals surface area contributed by atoms with Gasteiger partial charge in [0.15, 0.2) is 20.8 Å². The summed E-state index contributed by atoms with van der Waals surface area (Å²) in [5.74, 6) is 0.120. The SMILES string of the molecule is CS(=O)(=O)C(CNC(=O)c1noc2c1CN(c1ncnc3[nH]ccc13)CC2)C(F)(F)F. The highest BCUT2D eigenvalue weighted by atomic mass is 32.2. The number of sulfone groups is 1. The first kappa shape index (κ1) is 21.1. The van der Waals surface area contributed by atoms with E-state index in [1.807, 2.05) is 16.3 Å². The van der Waals surface area contributed by atoms with Gasteiger partial charge in [0.05, 0.1) is 11.9 Å². The molecular weight excluding hydrogens is 441 g/mol. The highest BCUT2D eigenvalue weighted by Gasteiger charge is 2.46. The summed E-state index contributed by atoms with van der Waals surface area (Å²) in [6.07, 6.45) is -1.03. The highest BCUT2D eigenvalue weighted by Crippen LogP contribution is 2.30. The van der Waals surface area contributed by atoms with Gasteiger partial charge in [0.1, 0.15) is 23.6 Å². The van der Waals surface area contributed by atoms with E-state index in [1.165, 1.54) is 6.33 Å². The van der Waals surface area contributed by atoms with Crippen molar-refractivity contribution in [3.63, 3.8) is 0 Å². The number of carbonyl (C=O) groups is 1. The van der Waals surface area contributed by atoms with Gasteiger partial charge in [-0.25, -0.2) is 18.4 Å². The smallest absolute Gasteiger partial charge is 0.360 e. The Morgan fingerprint density at radius 2 is 2.16 bits per heavy atom. The number of carbonyl (C=O) groups excluding carboxylic acids is 1. The number of halogens is 3. The Kier molecular flexibility index (Phi) is 5.11. The minimum absolute atomic E-state index is 0.187. The van der Waals surface area contributed by atoms with Crippen molar-refractivity contribution in [2.75, 3.05) is 24.2 Å². The molecule has 14 heteroatoms. The molecular formula is C17H17F3N6O4S. The summed E-state index contributed by atoms with van der Waals surface area (Å²) in [7, 11) is -4.47. The van der Waals surface area contributed by atoms with E-state index in [0.717, 1.165) is 5.39 Å². The number of hydrogen-bond donors (Lipinski definition) is 2. The topological polar surface area (TPSA) is 134 Å². The highest BCUT2D eigenvalue weighted by molar-refractivity contribution is 7.91. The fourth-order valence-electron chi connectivity index (χ4n) is 3.46. The number of aromatic amines is 1. The molecule has 0 spiro atoms. The van der Waals surface area contributed by atoms with Crippen LogP contribution in [0.25, 0.3) is 11.0 Å². The van der Waals surface area contributed by atoms with E-state index >= 15 is 0 Å².